The summed E-state index contributed by atoms with van der Waals surface area (Å²) in [5.74, 6) is 0.972. The van der Waals surface area contributed by atoms with Gasteiger partial charge in [-0.25, -0.2) is 25.9 Å². The van der Waals surface area contributed by atoms with E-state index in [1.165, 1.54) is 37.5 Å². The normalized spacial score (nSPS) is 13.5. The average Bonchev–Trinajstić information content (AvgIpc) is 3.75. The number of aromatic nitrogens is 6. The summed E-state index contributed by atoms with van der Waals surface area (Å²) < 4.78 is 49.6. The lowest BCUT2D eigenvalue weighted by Crippen LogP contribution is -2.29. The Kier molecular flexibility index (Phi) is 9.62. The lowest BCUT2D eigenvalue weighted by atomic mass is 10.1. The largest absolute Gasteiger partial charge is 0.372 e. The summed E-state index contributed by atoms with van der Waals surface area (Å²) in [7, 11) is -6.41. The van der Waals surface area contributed by atoms with E-state index >= 15 is 0 Å². The molecule has 5 heterocycles. The first kappa shape index (κ1) is 34.6. The first-order chi connectivity index (χ1) is 25.0. The molecule has 1 aliphatic heterocycles. The molecule has 8 rings (SSSR count). The molecular weight excluding hydrogens is 699 g/mol. The quantitative estimate of drug-likeness (QED) is 0.178. The first-order valence-electron chi connectivity index (χ1n) is 16.7. The van der Waals surface area contributed by atoms with Crippen LogP contribution in [-0.2, 0) is 19.7 Å². The van der Waals surface area contributed by atoms with E-state index < -0.39 is 19.7 Å². The highest BCUT2D eigenvalue weighted by Gasteiger charge is 2.14. The molecule has 266 valence electrons. The van der Waals surface area contributed by atoms with Gasteiger partial charge in [-0.1, -0.05) is 18.2 Å². The number of benzene rings is 3. The summed E-state index contributed by atoms with van der Waals surface area (Å²) in [6, 6.07) is 31.1. The molecule has 1 saturated heterocycles. The van der Waals surface area contributed by atoms with Crippen LogP contribution < -0.4 is 15.5 Å². The van der Waals surface area contributed by atoms with Crippen molar-refractivity contribution >= 4 is 59.9 Å². The van der Waals surface area contributed by atoms with E-state index in [1.54, 1.807) is 63.8 Å². The van der Waals surface area contributed by atoms with Crippen molar-refractivity contribution in [2.45, 2.75) is 29.1 Å². The number of piperidine rings is 1. The Hall–Kier alpha value is -5.80. The van der Waals surface area contributed by atoms with E-state index in [-0.39, 0.29) is 4.90 Å². The third-order valence-electron chi connectivity index (χ3n) is 8.58. The van der Waals surface area contributed by atoms with E-state index in [0.29, 0.717) is 22.4 Å². The van der Waals surface area contributed by atoms with Gasteiger partial charge in [0.2, 0.25) is 11.9 Å². The van der Waals surface area contributed by atoms with Gasteiger partial charge in [0.25, 0.3) is 0 Å². The van der Waals surface area contributed by atoms with Gasteiger partial charge >= 0.3 is 0 Å². The van der Waals surface area contributed by atoms with Crippen molar-refractivity contribution in [3.05, 3.63) is 116 Å². The molecule has 1 fully saturated rings. The SMILES string of the molecule is CS(=O)(=O)c1ccc(-c2cccn3nc(Nc4ccc(N5CCCCC5)cc4)nc23)cc1.CS(=O)(=O)c1ccc(Nc2nc3ccccn3n2)cc1. The minimum absolute atomic E-state index is 0.283. The van der Waals surface area contributed by atoms with Crippen LogP contribution in [0, 0.1) is 0 Å². The third-order valence-corrected chi connectivity index (χ3v) is 10.8. The monoisotopic (exact) mass is 735 g/mol. The van der Waals surface area contributed by atoms with Crippen molar-refractivity contribution < 1.29 is 16.8 Å². The van der Waals surface area contributed by atoms with Crippen LogP contribution in [0.5, 0.6) is 0 Å². The Morgan fingerprint density at radius 2 is 1.13 bits per heavy atom. The van der Waals surface area contributed by atoms with Gasteiger partial charge in [0.15, 0.2) is 31.0 Å². The second-order valence-corrected chi connectivity index (χ2v) is 16.5. The fraction of sp³-hybridized carbons (Fsp3) is 0.189. The second kappa shape index (κ2) is 14.4. The minimum Gasteiger partial charge on any atom is -0.372 e. The topological polar surface area (TPSA) is 156 Å². The molecule has 0 radical (unpaired) electrons. The van der Waals surface area contributed by atoms with Gasteiger partial charge in [0, 0.05) is 60.6 Å². The highest BCUT2D eigenvalue weighted by molar-refractivity contribution is 7.91. The lowest BCUT2D eigenvalue weighted by Gasteiger charge is -2.28. The molecule has 0 saturated carbocycles. The smallest absolute Gasteiger partial charge is 0.247 e. The molecule has 0 spiro atoms. The number of anilines is 5. The van der Waals surface area contributed by atoms with E-state index in [1.807, 2.05) is 36.5 Å². The average molecular weight is 736 g/mol. The van der Waals surface area contributed by atoms with Crippen LogP contribution in [0.1, 0.15) is 19.3 Å². The number of rotatable bonds is 8. The van der Waals surface area contributed by atoms with Crippen molar-refractivity contribution in [3.63, 3.8) is 0 Å². The number of hydrogen-bond acceptors (Lipinski definition) is 11. The molecule has 0 unspecified atom stereocenters. The highest BCUT2D eigenvalue weighted by Crippen LogP contribution is 2.27. The third kappa shape index (κ3) is 8.05. The summed E-state index contributed by atoms with van der Waals surface area (Å²) in [5, 5.41) is 15.1. The Morgan fingerprint density at radius 3 is 1.75 bits per heavy atom. The van der Waals surface area contributed by atoms with Crippen LogP contribution in [0.2, 0.25) is 0 Å². The van der Waals surface area contributed by atoms with E-state index in [4.69, 9.17) is 0 Å². The molecule has 7 aromatic rings. The molecular formula is C37H37N9O4S2. The van der Waals surface area contributed by atoms with Gasteiger partial charge < -0.3 is 15.5 Å². The number of sulfone groups is 2. The molecule has 1 aliphatic rings. The maximum absolute atomic E-state index is 11.7. The van der Waals surface area contributed by atoms with Crippen molar-refractivity contribution in [2.24, 2.45) is 0 Å². The van der Waals surface area contributed by atoms with Crippen LogP contribution in [-0.4, -0.2) is 71.6 Å². The molecule has 13 nitrogen and oxygen atoms in total. The summed E-state index contributed by atoms with van der Waals surface area (Å²) >= 11 is 0. The molecule has 52 heavy (non-hydrogen) atoms. The van der Waals surface area contributed by atoms with E-state index in [2.05, 4.69) is 60.0 Å². The molecule has 2 N–H and O–H groups in total. The lowest BCUT2D eigenvalue weighted by molar-refractivity contribution is 0.578. The van der Waals surface area contributed by atoms with Crippen molar-refractivity contribution in [1.82, 2.24) is 29.2 Å². The van der Waals surface area contributed by atoms with E-state index in [0.717, 1.165) is 41.2 Å². The molecule has 4 aromatic heterocycles. The molecule has 3 aromatic carbocycles. The molecule has 0 amide bonds. The molecule has 0 atom stereocenters. The van der Waals surface area contributed by atoms with Crippen molar-refractivity contribution in [3.8, 4) is 11.1 Å². The standard InChI is InChI=1S/C24H25N5O2S.C13H12N4O2S/c1-32(30,31)21-13-7-18(8-14-21)22-6-5-17-29-23(22)26-24(27-29)25-19-9-11-20(12-10-19)28-15-3-2-4-16-28;1-20(18,19)11-7-5-10(6-8-11)14-13-15-12-4-2-3-9-17(12)16-13/h5-14,17H,2-4,15-16H2,1H3,(H,25,27);2-9H,1H3,(H,14,16). The van der Waals surface area contributed by atoms with Gasteiger partial charge in [0.05, 0.1) is 9.79 Å². The molecule has 0 bridgehead atoms. The van der Waals surface area contributed by atoms with Crippen LogP contribution in [0.15, 0.2) is 125 Å². The summed E-state index contributed by atoms with van der Waals surface area (Å²) in [4.78, 5) is 12.0. The van der Waals surface area contributed by atoms with Crippen molar-refractivity contribution in [2.75, 3.05) is 41.1 Å². The van der Waals surface area contributed by atoms with Crippen LogP contribution >= 0.6 is 0 Å². The van der Waals surface area contributed by atoms with Crippen LogP contribution in [0.4, 0.5) is 29.0 Å². The van der Waals surface area contributed by atoms with Crippen LogP contribution in [0.3, 0.4) is 0 Å². The zero-order valence-corrected chi connectivity index (χ0v) is 30.2. The van der Waals surface area contributed by atoms with Gasteiger partial charge in [-0.3, -0.25) is 0 Å². The van der Waals surface area contributed by atoms with Gasteiger partial charge in [-0.15, -0.1) is 10.2 Å². The number of fused-ring (bicyclic) bond motifs is 2. The summed E-state index contributed by atoms with van der Waals surface area (Å²) in [6.07, 6.45) is 9.87. The van der Waals surface area contributed by atoms with Crippen LogP contribution in [0.25, 0.3) is 22.4 Å². The maximum atomic E-state index is 11.7. The van der Waals surface area contributed by atoms with Gasteiger partial charge in [-0.05, 0) is 110 Å². The number of pyridine rings is 2. The van der Waals surface area contributed by atoms with Gasteiger partial charge in [-0.2, -0.15) is 9.97 Å². The first-order valence-corrected chi connectivity index (χ1v) is 20.4. The fourth-order valence-electron chi connectivity index (χ4n) is 5.90. The molecule has 0 aliphatic carbocycles. The second-order valence-electron chi connectivity index (χ2n) is 12.5. The Labute approximate surface area is 301 Å². The number of hydrogen-bond donors (Lipinski definition) is 2. The van der Waals surface area contributed by atoms with Gasteiger partial charge in [0.1, 0.15) is 0 Å². The number of nitrogens with zero attached hydrogens (tertiary/aromatic N) is 7. The molecule has 15 heteroatoms. The summed E-state index contributed by atoms with van der Waals surface area (Å²) in [5.41, 5.74) is 6.11. The predicted octanol–water partition coefficient (Wildman–Crippen LogP) is 6.41. The maximum Gasteiger partial charge on any atom is 0.247 e. The number of nitrogens with one attached hydrogen (secondary N) is 2. The fourth-order valence-corrected chi connectivity index (χ4v) is 7.16. The van der Waals surface area contributed by atoms with Crippen molar-refractivity contribution in [1.29, 1.82) is 0 Å². The Morgan fingerprint density at radius 1 is 0.577 bits per heavy atom. The summed E-state index contributed by atoms with van der Waals surface area (Å²) in [6.45, 7) is 2.24. The predicted molar refractivity (Wildman–Crippen MR) is 203 cm³/mol. The zero-order valence-electron chi connectivity index (χ0n) is 28.6. The van der Waals surface area contributed by atoms with E-state index in [9.17, 15) is 16.8 Å². The Bertz CT molecular complexity index is 2510. The Balaban J connectivity index is 0.000000180. The zero-order chi connectivity index (χ0) is 36.3. The minimum atomic E-state index is -3.23. The highest BCUT2D eigenvalue weighted by atomic mass is 32.2.